The molecule has 62 heavy (non-hydrogen) atoms. The predicted octanol–water partition coefficient (Wildman–Crippen LogP) is 6.61. The lowest BCUT2D eigenvalue weighted by Crippen LogP contribution is -2.54. The molecule has 1 saturated heterocycles. The molecule has 0 bridgehead atoms. The van der Waals surface area contributed by atoms with Gasteiger partial charge in [-0.05, 0) is 85.7 Å². The van der Waals surface area contributed by atoms with E-state index in [1.54, 1.807) is 24.3 Å². The summed E-state index contributed by atoms with van der Waals surface area (Å²) in [6, 6.07) is 20.7. The van der Waals surface area contributed by atoms with Crippen molar-refractivity contribution in [2.75, 3.05) is 64.7 Å². The van der Waals surface area contributed by atoms with Crippen molar-refractivity contribution >= 4 is 51.9 Å². The van der Waals surface area contributed by atoms with E-state index in [1.165, 1.54) is 23.3 Å². The molecule has 4 amide bonds. The van der Waals surface area contributed by atoms with E-state index in [2.05, 4.69) is 28.8 Å². The smallest absolute Gasteiger partial charge is 0.266 e. The van der Waals surface area contributed by atoms with Gasteiger partial charge in [-0.2, -0.15) is 0 Å². The molecule has 2 N–H and O–H groups in total. The minimum Gasteiger partial charge on any atom is -0.493 e. The van der Waals surface area contributed by atoms with Gasteiger partial charge in [0.1, 0.15) is 35.5 Å². The number of nitrogens with one attached hydrogen (secondary N) is 2. The SMILES string of the molecule is CCOc1cc2oc(-c3ccc(NCCOCCOCCOCCOc4cccc5c4C(=O)N(C4CCC(=O)NC4=O)C5=O)cc3Cl)cc(=O)c2cc1-c1ccc2c(c1)CCC2. The Labute approximate surface area is 362 Å². The molecule has 15 heteroatoms. The van der Waals surface area contributed by atoms with Crippen LogP contribution >= 0.6 is 11.6 Å². The Bertz CT molecular complexity index is 2590. The normalized spacial score (nSPS) is 15.8. The zero-order chi connectivity index (χ0) is 43.2. The Morgan fingerprint density at radius 1 is 0.742 bits per heavy atom. The summed E-state index contributed by atoms with van der Waals surface area (Å²) in [5.41, 5.74) is 6.49. The number of imide groups is 2. The fraction of sp³-hybridized carbons (Fsp3) is 0.340. The van der Waals surface area contributed by atoms with E-state index in [0.29, 0.717) is 79.3 Å². The van der Waals surface area contributed by atoms with E-state index in [4.69, 9.17) is 39.7 Å². The zero-order valence-electron chi connectivity index (χ0n) is 34.2. The van der Waals surface area contributed by atoms with Gasteiger partial charge < -0.3 is 33.4 Å². The van der Waals surface area contributed by atoms with Crippen LogP contribution < -0.4 is 25.5 Å². The van der Waals surface area contributed by atoms with Crippen molar-refractivity contribution < 1.29 is 47.3 Å². The standard InChI is InChI=1S/C47H46ClN3O11/c1-2-60-40-27-42-35(25-34(40)30-10-9-28-5-3-6-29(28)23-30)38(52)26-41(62-42)32-12-11-31(24-36(32)48)49-15-16-57-17-18-58-19-20-59-21-22-61-39-8-4-7-33-44(39)47(56)51(46(33)55)37-13-14-43(53)50-45(37)54/h4,7-12,23-27,37,49H,2-3,5-6,13-22H2,1H3,(H,50,53,54). The van der Waals surface area contributed by atoms with Gasteiger partial charge in [-0.15, -0.1) is 0 Å². The van der Waals surface area contributed by atoms with Crippen LogP contribution in [0.1, 0.15) is 58.0 Å². The van der Waals surface area contributed by atoms with Gasteiger partial charge in [0.15, 0.2) is 5.43 Å². The summed E-state index contributed by atoms with van der Waals surface area (Å²) in [5, 5.41) is 6.37. The number of ether oxygens (including phenoxy) is 5. The summed E-state index contributed by atoms with van der Waals surface area (Å²) in [7, 11) is 0. The Kier molecular flexibility index (Phi) is 13.3. The van der Waals surface area contributed by atoms with Crippen molar-refractivity contribution in [1.29, 1.82) is 0 Å². The van der Waals surface area contributed by atoms with Crippen molar-refractivity contribution in [2.24, 2.45) is 0 Å². The molecule has 4 aromatic carbocycles. The second-order valence-electron chi connectivity index (χ2n) is 15.0. The number of hydrogen-bond acceptors (Lipinski definition) is 12. The van der Waals surface area contributed by atoms with Gasteiger partial charge in [0.25, 0.3) is 11.8 Å². The molecule has 322 valence electrons. The van der Waals surface area contributed by atoms with Crippen LogP contribution in [0.5, 0.6) is 11.5 Å². The lowest BCUT2D eigenvalue weighted by Gasteiger charge is -2.27. The number of carbonyl (C=O) groups is 4. The van der Waals surface area contributed by atoms with E-state index >= 15 is 0 Å². The first kappa shape index (κ1) is 42.6. The molecule has 0 radical (unpaired) electrons. The molecular weight excluding hydrogens is 818 g/mol. The van der Waals surface area contributed by atoms with Gasteiger partial charge in [0, 0.05) is 41.9 Å². The number of fused-ring (bicyclic) bond motifs is 3. The topological polar surface area (TPSA) is 172 Å². The number of carbonyl (C=O) groups excluding carboxylic acids is 4. The van der Waals surface area contributed by atoms with Gasteiger partial charge >= 0.3 is 0 Å². The Balaban J connectivity index is 0.735. The van der Waals surface area contributed by atoms with E-state index < -0.39 is 29.7 Å². The van der Waals surface area contributed by atoms with Gasteiger partial charge in [-0.1, -0.05) is 35.9 Å². The summed E-state index contributed by atoms with van der Waals surface area (Å²) in [6.45, 7) is 5.07. The fourth-order valence-corrected chi connectivity index (χ4v) is 8.28. The second-order valence-corrected chi connectivity index (χ2v) is 15.4. The molecule has 1 unspecified atom stereocenters. The van der Waals surface area contributed by atoms with Crippen molar-refractivity contribution in [1.82, 2.24) is 10.2 Å². The molecule has 8 rings (SSSR count). The minimum absolute atomic E-state index is 0.0418. The van der Waals surface area contributed by atoms with Crippen LogP contribution in [-0.2, 0) is 36.6 Å². The van der Waals surface area contributed by atoms with Crippen LogP contribution in [0, 0.1) is 0 Å². The summed E-state index contributed by atoms with van der Waals surface area (Å²) in [5.74, 6) is -1.09. The second kappa shape index (κ2) is 19.3. The van der Waals surface area contributed by atoms with Gasteiger partial charge in [-0.3, -0.25) is 34.2 Å². The molecule has 3 heterocycles. The number of piperidine rings is 1. The molecule has 1 fully saturated rings. The lowest BCUT2D eigenvalue weighted by atomic mass is 9.98. The maximum absolute atomic E-state index is 13.5. The molecule has 2 aliphatic heterocycles. The highest BCUT2D eigenvalue weighted by molar-refractivity contribution is 6.33. The summed E-state index contributed by atoms with van der Waals surface area (Å²) >= 11 is 6.71. The molecule has 14 nitrogen and oxygen atoms in total. The van der Waals surface area contributed by atoms with Gasteiger partial charge in [0.2, 0.25) is 11.8 Å². The number of anilines is 1. The first-order chi connectivity index (χ1) is 30.2. The molecule has 0 spiro atoms. The van der Waals surface area contributed by atoms with Crippen molar-refractivity contribution in [3.63, 3.8) is 0 Å². The van der Waals surface area contributed by atoms with Crippen LogP contribution in [0.4, 0.5) is 5.69 Å². The van der Waals surface area contributed by atoms with E-state index in [0.717, 1.165) is 41.0 Å². The third-order valence-corrected chi connectivity index (χ3v) is 11.3. The van der Waals surface area contributed by atoms with Crippen molar-refractivity contribution in [3.8, 4) is 33.9 Å². The maximum atomic E-state index is 13.5. The summed E-state index contributed by atoms with van der Waals surface area (Å²) in [6.07, 6.45) is 3.43. The van der Waals surface area contributed by atoms with Crippen LogP contribution in [-0.4, -0.2) is 94.0 Å². The number of amides is 4. The fourth-order valence-electron chi connectivity index (χ4n) is 8.00. The van der Waals surface area contributed by atoms with Crippen LogP contribution in [0.2, 0.25) is 5.02 Å². The summed E-state index contributed by atoms with van der Waals surface area (Å²) in [4.78, 5) is 64.5. The van der Waals surface area contributed by atoms with Gasteiger partial charge in [-0.25, -0.2) is 0 Å². The minimum atomic E-state index is -1.05. The lowest BCUT2D eigenvalue weighted by molar-refractivity contribution is -0.136. The third kappa shape index (κ3) is 9.24. The number of halogens is 1. The van der Waals surface area contributed by atoms with Gasteiger partial charge in [0.05, 0.1) is 67.8 Å². The van der Waals surface area contributed by atoms with Crippen LogP contribution in [0.3, 0.4) is 0 Å². The third-order valence-electron chi connectivity index (χ3n) is 11.0. The predicted molar refractivity (Wildman–Crippen MR) is 231 cm³/mol. The molecule has 1 atom stereocenters. The average molecular weight is 864 g/mol. The largest absolute Gasteiger partial charge is 0.493 e. The first-order valence-corrected chi connectivity index (χ1v) is 21.2. The van der Waals surface area contributed by atoms with Crippen LogP contribution in [0.15, 0.2) is 82.0 Å². The van der Waals surface area contributed by atoms with Crippen molar-refractivity contribution in [2.45, 2.75) is 45.1 Å². The molecule has 1 aliphatic carbocycles. The van der Waals surface area contributed by atoms with E-state index in [-0.39, 0.29) is 48.4 Å². The number of aryl methyl sites for hydroxylation is 2. The highest BCUT2D eigenvalue weighted by Crippen LogP contribution is 2.38. The Morgan fingerprint density at radius 2 is 1.52 bits per heavy atom. The Hall–Kier alpha value is -6.06. The number of hydrogen-bond donors (Lipinski definition) is 2. The molecule has 0 saturated carbocycles. The Morgan fingerprint density at radius 3 is 2.29 bits per heavy atom. The first-order valence-electron chi connectivity index (χ1n) is 20.8. The average Bonchev–Trinajstić information content (AvgIpc) is 3.83. The number of benzene rings is 4. The van der Waals surface area contributed by atoms with E-state index in [9.17, 15) is 24.0 Å². The quantitative estimate of drug-likeness (QED) is 0.0674. The summed E-state index contributed by atoms with van der Waals surface area (Å²) < 4.78 is 34.9. The number of rotatable bonds is 19. The highest BCUT2D eigenvalue weighted by atomic mass is 35.5. The molecular formula is C47H46ClN3O11. The zero-order valence-corrected chi connectivity index (χ0v) is 35.0. The molecule has 3 aliphatic rings. The molecule has 1 aromatic heterocycles. The van der Waals surface area contributed by atoms with Crippen LogP contribution in [0.25, 0.3) is 33.4 Å². The van der Waals surface area contributed by atoms with E-state index in [1.807, 2.05) is 25.1 Å². The van der Waals surface area contributed by atoms with Crippen molar-refractivity contribution in [3.05, 3.63) is 110 Å². The maximum Gasteiger partial charge on any atom is 0.266 e. The molecule has 5 aromatic rings. The monoisotopic (exact) mass is 863 g/mol. The highest BCUT2D eigenvalue weighted by Gasteiger charge is 2.46. The number of nitrogens with zero attached hydrogens (tertiary/aromatic N) is 1.